The molecule has 0 bridgehead atoms. The van der Waals surface area contributed by atoms with Crippen molar-refractivity contribution in [2.45, 2.75) is 38.0 Å². The van der Waals surface area contributed by atoms with Gasteiger partial charge in [0.05, 0.1) is 0 Å². The molecule has 1 aromatic rings. The zero-order valence-electron chi connectivity index (χ0n) is 10.3. The standard InChI is InChI=1S/C14H19NO2/c1-10-4-5-11-13(17-9-16-11)12(10)14(8-15)6-2-3-7-14/h4-5H,2-3,6-9,15H2,1H3. The summed E-state index contributed by atoms with van der Waals surface area (Å²) in [6.07, 6.45) is 4.87. The Morgan fingerprint density at radius 3 is 2.71 bits per heavy atom. The van der Waals surface area contributed by atoms with Crippen molar-refractivity contribution in [1.29, 1.82) is 0 Å². The van der Waals surface area contributed by atoms with E-state index in [2.05, 4.69) is 13.0 Å². The highest BCUT2D eigenvalue weighted by Crippen LogP contribution is 2.49. The predicted octanol–water partition coefficient (Wildman–Crippen LogP) is 2.49. The smallest absolute Gasteiger partial charge is 0.231 e. The van der Waals surface area contributed by atoms with E-state index in [-0.39, 0.29) is 5.41 Å². The van der Waals surface area contributed by atoms with Gasteiger partial charge in [-0.05, 0) is 31.4 Å². The monoisotopic (exact) mass is 233 g/mol. The van der Waals surface area contributed by atoms with Gasteiger partial charge in [0, 0.05) is 17.5 Å². The lowest BCUT2D eigenvalue weighted by atomic mass is 9.76. The van der Waals surface area contributed by atoms with Crippen molar-refractivity contribution in [2.24, 2.45) is 5.73 Å². The molecule has 1 aromatic carbocycles. The zero-order valence-corrected chi connectivity index (χ0v) is 10.3. The zero-order chi connectivity index (χ0) is 11.9. The molecule has 1 aliphatic carbocycles. The Balaban J connectivity index is 2.16. The maximum atomic E-state index is 6.07. The molecule has 17 heavy (non-hydrogen) atoms. The molecule has 0 aromatic heterocycles. The van der Waals surface area contributed by atoms with Gasteiger partial charge in [-0.15, -0.1) is 0 Å². The molecule has 0 unspecified atom stereocenters. The molecule has 2 N–H and O–H groups in total. The number of ether oxygens (including phenoxy) is 2. The average molecular weight is 233 g/mol. The molecular formula is C14H19NO2. The van der Waals surface area contributed by atoms with Gasteiger partial charge in [0.2, 0.25) is 6.79 Å². The quantitative estimate of drug-likeness (QED) is 0.853. The minimum Gasteiger partial charge on any atom is -0.454 e. The largest absolute Gasteiger partial charge is 0.454 e. The molecule has 1 aliphatic heterocycles. The van der Waals surface area contributed by atoms with Crippen molar-refractivity contribution in [1.82, 2.24) is 0 Å². The molecule has 3 nitrogen and oxygen atoms in total. The maximum absolute atomic E-state index is 6.07. The SMILES string of the molecule is Cc1ccc2c(c1C1(CN)CCCC1)OCO2. The molecule has 3 rings (SSSR count). The number of hydrogen-bond acceptors (Lipinski definition) is 3. The number of benzene rings is 1. The fourth-order valence-corrected chi connectivity index (χ4v) is 3.34. The van der Waals surface area contributed by atoms with Crippen LogP contribution in [0.4, 0.5) is 0 Å². The van der Waals surface area contributed by atoms with Crippen LogP contribution in [0.25, 0.3) is 0 Å². The highest BCUT2D eigenvalue weighted by atomic mass is 16.7. The van der Waals surface area contributed by atoms with Gasteiger partial charge in [-0.1, -0.05) is 18.9 Å². The Bertz CT molecular complexity index is 436. The van der Waals surface area contributed by atoms with Crippen molar-refractivity contribution in [3.8, 4) is 11.5 Å². The summed E-state index contributed by atoms with van der Waals surface area (Å²) in [6.45, 7) is 3.19. The Morgan fingerprint density at radius 1 is 1.24 bits per heavy atom. The van der Waals surface area contributed by atoms with Crippen LogP contribution in [-0.2, 0) is 5.41 Å². The first-order valence-corrected chi connectivity index (χ1v) is 6.37. The highest BCUT2D eigenvalue weighted by Gasteiger charge is 2.39. The van der Waals surface area contributed by atoms with Crippen LogP contribution >= 0.6 is 0 Å². The van der Waals surface area contributed by atoms with E-state index in [0.29, 0.717) is 13.3 Å². The molecule has 2 aliphatic rings. The molecule has 1 heterocycles. The topological polar surface area (TPSA) is 44.5 Å². The van der Waals surface area contributed by atoms with Crippen LogP contribution in [0.2, 0.25) is 0 Å². The second kappa shape index (κ2) is 3.91. The first-order valence-electron chi connectivity index (χ1n) is 6.37. The summed E-state index contributed by atoms with van der Waals surface area (Å²) in [6, 6.07) is 4.12. The summed E-state index contributed by atoms with van der Waals surface area (Å²) in [5.41, 5.74) is 8.76. The fraction of sp³-hybridized carbons (Fsp3) is 0.571. The van der Waals surface area contributed by atoms with Crippen molar-refractivity contribution in [2.75, 3.05) is 13.3 Å². The van der Waals surface area contributed by atoms with Crippen LogP contribution in [0, 0.1) is 6.92 Å². The van der Waals surface area contributed by atoms with E-state index in [9.17, 15) is 0 Å². The molecule has 1 saturated carbocycles. The van der Waals surface area contributed by atoms with Gasteiger partial charge in [-0.2, -0.15) is 0 Å². The van der Waals surface area contributed by atoms with E-state index in [4.69, 9.17) is 15.2 Å². The number of aryl methyl sites for hydroxylation is 1. The molecule has 1 fully saturated rings. The van der Waals surface area contributed by atoms with Gasteiger partial charge in [-0.25, -0.2) is 0 Å². The van der Waals surface area contributed by atoms with E-state index in [1.165, 1.54) is 36.8 Å². The third-order valence-corrected chi connectivity index (χ3v) is 4.23. The summed E-state index contributed by atoms with van der Waals surface area (Å²) in [7, 11) is 0. The molecule has 0 amide bonds. The summed E-state index contributed by atoms with van der Waals surface area (Å²) < 4.78 is 11.2. The van der Waals surface area contributed by atoms with Crippen LogP contribution in [0.5, 0.6) is 11.5 Å². The number of fused-ring (bicyclic) bond motifs is 1. The second-order valence-electron chi connectivity index (χ2n) is 5.18. The molecule has 0 atom stereocenters. The van der Waals surface area contributed by atoms with Gasteiger partial charge in [0.25, 0.3) is 0 Å². The second-order valence-corrected chi connectivity index (χ2v) is 5.18. The van der Waals surface area contributed by atoms with E-state index in [0.717, 1.165) is 11.5 Å². The minimum absolute atomic E-state index is 0.114. The molecule has 0 saturated heterocycles. The first kappa shape index (κ1) is 10.9. The third kappa shape index (κ3) is 1.53. The number of hydrogen-bond donors (Lipinski definition) is 1. The molecular weight excluding hydrogens is 214 g/mol. The lowest BCUT2D eigenvalue weighted by Gasteiger charge is -2.30. The average Bonchev–Trinajstić information content (AvgIpc) is 2.97. The van der Waals surface area contributed by atoms with Crippen molar-refractivity contribution in [3.63, 3.8) is 0 Å². The van der Waals surface area contributed by atoms with Gasteiger partial charge in [0.15, 0.2) is 11.5 Å². The van der Waals surface area contributed by atoms with Gasteiger partial charge >= 0.3 is 0 Å². The maximum Gasteiger partial charge on any atom is 0.231 e. The fourth-order valence-electron chi connectivity index (χ4n) is 3.34. The summed E-state index contributed by atoms with van der Waals surface area (Å²) in [5, 5.41) is 0. The third-order valence-electron chi connectivity index (χ3n) is 4.23. The summed E-state index contributed by atoms with van der Waals surface area (Å²) in [5.74, 6) is 1.82. The first-order chi connectivity index (χ1) is 8.27. The minimum atomic E-state index is 0.114. The lowest BCUT2D eigenvalue weighted by Crippen LogP contribution is -2.33. The molecule has 92 valence electrons. The molecule has 3 heteroatoms. The Morgan fingerprint density at radius 2 is 2.00 bits per heavy atom. The van der Waals surface area contributed by atoms with Crippen LogP contribution in [0.3, 0.4) is 0 Å². The van der Waals surface area contributed by atoms with E-state index in [1.807, 2.05) is 6.07 Å². The summed E-state index contributed by atoms with van der Waals surface area (Å²) in [4.78, 5) is 0. The van der Waals surface area contributed by atoms with Gasteiger partial charge in [-0.3, -0.25) is 0 Å². The van der Waals surface area contributed by atoms with Crippen LogP contribution in [0.15, 0.2) is 12.1 Å². The van der Waals surface area contributed by atoms with Crippen molar-refractivity contribution >= 4 is 0 Å². The Kier molecular flexibility index (Phi) is 2.51. The lowest BCUT2D eigenvalue weighted by molar-refractivity contribution is 0.172. The van der Waals surface area contributed by atoms with Crippen LogP contribution in [-0.4, -0.2) is 13.3 Å². The predicted molar refractivity (Wildman–Crippen MR) is 66.5 cm³/mol. The highest BCUT2D eigenvalue weighted by molar-refractivity contribution is 5.55. The Labute approximate surface area is 102 Å². The van der Waals surface area contributed by atoms with Crippen LogP contribution < -0.4 is 15.2 Å². The molecule has 0 radical (unpaired) electrons. The summed E-state index contributed by atoms with van der Waals surface area (Å²) >= 11 is 0. The van der Waals surface area contributed by atoms with Crippen molar-refractivity contribution < 1.29 is 9.47 Å². The normalized spacial score (nSPS) is 20.8. The molecule has 0 spiro atoms. The van der Waals surface area contributed by atoms with Gasteiger partial charge < -0.3 is 15.2 Å². The number of rotatable bonds is 2. The van der Waals surface area contributed by atoms with Crippen LogP contribution in [0.1, 0.15) is 36.8 Å². The van der Waals surface area contributed by atoms with E-state index in [1.54, 1.807) is 0 Å². The Hall–Kier alpha value is -1.22. The van der Waals surface area contributed by atoms with E-state index < -0.39 is 0 Å². The van der Waals surface area contributed by atoms with E-state index >= 15 is 0 Å². The number of nitrogens with two attached hydrogens (primary N) is 1. The van der Waals surface area contributed by atoms with Crippen molar-refractivity contribution in [3.05, 3.63) is 23.3 Å². The van der Waals surface area contributed by atoms with Gasteiger partial charge in [0.1, 0.15) is 0 Å².